The average Bonchev–Trinajstić information content (AvgIpc) is 3.12. The van der Waals surface area contributed by atoms with Gasteiger partial charge in [0.15, 0.2) is 0 Å². The Morgan fingerprint density at radius 2 is 1.60 bits per heavy atom. The topological polar surface area (TPSA) is 52.6 Å². The van der Waals surface area contributed by atoms with Gasteiger partial charge in [0.25, 0.3) is 5.79 Å². The summed E-state index contributed by atoms with van der Waals surface area (Å²) in [5.74, 6) is -0.269. The minimum Gasteiger partial charge on any atom is -0.419 e. The Bertz CT molecular complexity index is 445. The summed E-state index contributed by atoms with van der Waals surface area (Å²) in [5, 5.41) is 0. The van der Waals surface area contributed by atoms with Crippen LogP contribution >= 0.6 is 0 Å². The molecule has 3 fully saturated rings. The normalized spacial score (nSPS) is 36.2. The van der Waals surface area contributed by atoms with Crippen LogP contribution in [-0.4, -0.2) is 17.7 Å². The first-order valence-electron chi connectivity index (χ1n) is 7.30. The van der Waals surface area contributed by atoms with Crippen molar-refractivity contribution < 1.29 is 19.1 Å². The zero-order valence-corrected chi connectivity index (χ0v) is 11.5. The van der Waals surface area contributed by atoms with Crippen molar-refractivity contribution >= 4 is 11.9 Å². The molecule has 0 aromatic carbocycles. The Kier molecular flexibility index (Phi) is 3.19. The van der Waals surface area contributed by atoms with Gasteiger partial charge in [-0.05, 0) is 43.4 Å². The van der Waals surface area contributed by atoms with Gasteiger partial charge in [0.05, 0.1) is 0 Å². The van der Waals surface area contributed by atoms with E-state index in [4.69, 9.17) is 9.47 Å². The molecule has 0 radical (unpaired) electrons. The standard InChI is InChI=1S/C16H20O4/c1-3-13(17)19-16(20-14(18)4-2)8-7-12-10-5-6-11(9-10)15(12)16/h3-4,10-12,15H,1-2,5-9H2. The smallest absolute Gasteiger partial charge is 0.333 e. The second-order valence-electron chi connectivity index (χ2n) is 6.12. The highest BCUT2D eigenvalue weighted by Crippen LogP contribution is 2.63. The molecule has 20 heavy (non-hydrogen) atoms. The van der Waals surface area contributed by atoms with Crippen molar-refractivity contribution in [2.24, 2.45) is 23.7 Å². The fourth-order valence-electron chi connectivity index (χ4n) is 4.73. The highest BCUT2D eigenvalue weighted by Gasteiger charge is 2.64. The van der Waals surface area contributed by atoms with Crippen LogP contribution in [-0.2, 0) is 19.1 Å². The summed E-state index contributed by atoms with van der Waals surface area (Å²) >= 11 is 0. The second kappa shape index (κ2) is 4.76. The predicted molar refractivity (Wildman–Crippen MR) is 72.4 cm³/mol. The summed E-state index contributed by atoms with van der Waals surface area (Å²) in [4.78, 5) is 23.4. The molecule has 4 unspecified atom stereocenters. The molecule has 0 N–H and O–H groups in total. The van der Waals surface area contributed by atoms with E-state index in [1.54, 1.807) is 0 Å². The number of ether oxygens (including phenoxy) is 2. The predicted octanol–water partition coefficient (Wildman–Crippen LogP) is 2.60. The number of esters is 2. The van der Waals surface area contributed by atoms with Crippen LogP contribution in [0.4, 0.5) is 0 Å². The van der Waals surface area contributed by atoms with Crippen LogP contribution in [0.1, 0.15) is 32.1 Å². The molecule has 108 valence electrons. The summed E-state index contributed by atoms with van der Waals surface area (Å²) in [6.07, 6.45) is 7.38. The molecule has 3 saturated carbocycles. The Labute approximate surface area is 118 Å². The van der Waals surface area contributed by atoms with Crippen molar-refractivity contribution in [2.45, 2.75) is 37.9 Å². The van der Waals surface area contributed by atoms with Crippen LogP contribution in [0.2, 0.25) is 0 Å². The quantitative estimate of drug-likeness (QED) is 0.450. The van der Waals surface area contributed by atoms with Crippen LogP contribution in [0, 0.1) is 23.7 Å². The zero-order valence-electron chi connectivity index (χ0n) is 11.5. The average molecular weight is 276 g/mol. The van der Waals surface area contributed by atoms with E-state index in [-0.39, 0.29) is 5.92 Å². The molecule has 0 amide bonds. The molecule has 0 saturated heterocycles. The van der Waals surface area contributed by atoms with E-state index in [1.165, 1.54) is 12.8 Å². The van der Waals surface area contributed by atoms with Gasteiger partial charge in [-0.2, -0.15) is 0 Å². The maximum Gasteiger partial charge on any atom is 0.333 e. The SMILES string of the molecule is C=CC(=O)OC1(OC(=O)C=C)CCC2C3CCC(C3)C21. The fourth-order valence-corrected chi connectivity index (χ4v) is 4.73. The van der Waals surface area contributed by atoms with Crippen molar-refractivity contribution in [3.63, 3.8) is 0 Å². The van der Waals surface area contributed by atoms with E-state index in [1.807, 2.05) is 0 Å². The molecule has 0 aliphatic heterocycles. The molecule has 3 rings (SSSR count). The van der Waals surface area contributed by atoms with Gasteiger partial charge in [-0.25, -0.2) is 9.59 Å². The monoisotopic (exact) mass is 276 g/mol. The third kappa shape index (κ3) is 1.89. The molecule has 0 heterocycles. The Hall–Kier alpha value is -1.58. The summed E-state index contributed by atoms with van der Waals surface area (Å²) in [5.41, 5.74) is 0. The van der Waals surface area contributed by atoms with Gasteiger partial charge in [0, 0.05) is 24.5 Å². The zero-order chi connectivity index (χ0) is 14.3. The maximum atomic E-state index is 11.7. The highest BCUT2D eigenvalue weighted by atomic mass is 16.7. The van der Waals surface area contributed by atoms with Gasteiger partial charge in [-0.1, -0.05) is 13.2 Å². The van der Waals surface area contributed by atoms with Crippen molar-refractivity contribution in [1.29, 1.82) is 0 Å². The third-order valence-corrected chi connectivity index (χ3v) is 5.30. The Morgan fingerprint density at radius 3 is 2.20 bits per heavy atom. The lowest BCUT2D eigenvalue weighted by Crippen LogP contribution is -2.46. The third-order valence-electron chi connectivity index (χ3n) is 5.30. The van der Waals surface area contributed by atoms with Crippen LogP contribution in [0.5, 0.6) is 0 Å². The maximum absolute atomic E-state index is 11.7. The number of hydrogen-bond donors (Lipinski definition) is 0. The minimum absolute atomic E-state index is 0.147. The number of hydrogen-bond acceptors (Lipinski definition) is 4. The number of carbonyl (C=O) groups is 2. The highest BCUT2D eigenvalue weighted by molar-refractivity contribution is 5.83. The van der Waals surface area contributed by atoms with E-state index in [0.717, 1.165) is 25.0 Å². The van der Waals surface area contributed by atoms with Crippen molar-refractivity contribution in [2.75, 3.05) is 0 Å². The second-order valence-corrected chi connectivity index (χ2v) is 6.12. The molecule has 4 nitrogen and oxygen atoms in total. The van der Waals surface area contributed by atoms with Gasteiger partial charge in [-0.15, -0.1) is 0 Å². The first-order valence-corrected chi connectivity index (χ1v) is 7.30. The molecule has 3 aliphatic carbocycles. The molecular weight excluding hydrogens is 256 g/mol. The van der Waals surface area contributed by atoms with E-state index in [0.29, 0.717) is 24.2 Å². The van der Waals surface area contributed by atoms with Crippen molar-refractivity contribution in [3.05, 3.63) is 25.3 Å². The molecule has 4 atom stereocenters. The summed E-state index contributed by atoms with van der Waals surface area (Å²) in [6, 6.07) is 0. The lowest BCUT2D eigenvalue weighted by molar-refractivity contribution is -0.242. The molecule has 0 aromatic heterocycles. The lowest BCUT2D eigenvalue weighted by atomic mass is 9.79. The van der Waals surface area contributed by atoms with Crippen molar-refractivity contribution in [1.82, 2.24) is 0 Å². The van der Waals surface area contributed by atoms with Crippen LogP contribution in [0.25, 0.3) is 0 Å². The first-order chi connectivity index (χ1) is 9.59. The van der Waals surface area contributed by atoms with Gasteiger partial charge < -0.3 is 9.47 Å². The molecule has 2 bridgehead atoms. The summed E-state index contributed by atoms with van der Waals surface area (Å²) in [6.45, 7) is 6.86. The largest absolute Gasteiger partial charge is 0.419 e. The fraction of sp³-hybridized carbons (Fsp3) is 0.625. The molecule has 4 heteroatoms. The van der Waals surface area contributed by atoms with Crippen LogP contribution < -0.4 is 0 Å². The minimum atomic E-state index is -1.10. The van der Waals surface area contributed by atoms with E-state index < -0.39 is 17.7 Å². The Morgan fingerprint density at radius 1 is 1.00 bits per heavy atom. The Balaban J connectivity index is 1.89. The molecule has 0 spiro atoms. The molecule has 0 aromatic rings. The summed E-state index contributed by atoms with van der Waals surface area (Å²) in [7, 11) is 0. The van der Waals surface area contributed by atoms with E-state index >= 15 is 0 Å². The molecule has 3 aliphatic rings. The van der Waals surface area contributed by atoms with Crippen LogP contribution in [0.3, 0.4) is 0 Å². The molecular formula is C16H20O4. The number of carbonyl (C=O) groups excluding carboxylic acids is 2. The first kappa shape index (κ1) is 13.4. The van der Waals surface area contributed by atoms with E-state index in [9.17, 15) is 9.59 Å². The van der Waals surface area contributed by atoms with Crippen molar-refractivity contribution in [3.8, 4) is 0 Å². The van der Waals surface area contributed by atoms with Gasteiger partial charge >= 0.3 is 11.9 Å². The summed E-state index contributed by atoms with van der Waals surface area (Å²) < 4.78 is 11.1. The van der Waals surface area contributed by atoms with Crippen LogP contribution in [0.15, 0.2) is 25.3 Å². The van der Waals surface area contributed by atoms with E-state index in [2.05, 4.69) is 13.2 Å². The van der Waals surface area contributed by atoms with Gasteiger partial charge in [-0.3, -0.25) is 0 Å². The van der Waals surface area contributed by atoms with Gasteiger partial charge in [0.2, 0.25) is 0 Å². The van der Waals surface area contributed by atoms with Gasteiger partial charge in [0.1, 0.15) is 0 Å². The number of fused-ring (bicyclic) bond motifs is 5. The number of rotatable bonds is 4. The lowest BCUT2D eigenvalue weighted by Gasteiger charge is -2.37.